The van der Waals surface area contributed by atoms with Gasteiger partial charge in [-0.25, -0.2) is 0 Å². The zero-order valence-electron chi connectivity index (χ0n) is 13.3. The van der Waals surface area contributed by atoms with Crippen LogP contribution in [0, 0.1) is 23.7 Å². The second kappa shape index (κ2) is 8.85. The summed E-state index contributed by atoms with van der Waals surface area (Å²) >= 11 is 0. The molecule has 20 heavy (non-hydrogen) atoms. The van der Waals surface area contributed by atoms with Crippen LogP contribution in [-0.4, -0.2) is 6.67 Å². The van der Waals surface area contributed by atoms with E-state index in [0.717, 1.165) is 23.7 Å². The Hall–Kier alpha value is -0.330. The van der Waals surface area contributed by atoms with Crippen molar-refractivity contribution < 1.29 is 4.39 Å². The summed E-state index contributed by atoms with van der Waals surface area (Å²) in [6.07, 6.45) is 19.3. The molecule has 116 valence electrons. The molecule has 0 heterocycles. The summed E-state index contributed by atoms with van der Waals surface area (Å²) in [6, 6.07) is 0. The summed E-state index contributed by atoms with van der Waals surface area (Å²) in [5.41, 5.74) is 0. The molecule has 0 aliphatic heterocycles. The van der Waals surface area contributed by atoms with Gasteiger partial charge in [-0.05, 0) is 68.6 Å². The molecule has 0 N–H and O–H groups in total. The van der Waals surface area contributed by atoms with Crippen LogP contribution in [0.3, 0.4) is 0 Å². The van der Waals surface area contributed by atoms with E-state index in [1.807, 2.05) is 0 Å². The number of alkyl halides is 1. The lowest BCUT2D eigenvalue weighted by atomic mass is 9.68. The fourth-order valence-corrected chi connectivity index (χ4v) is 4.52. The number of halogens is 1. The van der Waals surface area contributed by atoms with Crippen LogP contribution in [0.1, 0.15) is 77.6 Å². The van der Waals surface area contributed by atoms with Crippen molar-refractivity contribution in [1.29, 1.82) is 0 Å². The standard InChI is InChI=1S/C19H33F/c1-2-5-16-7-11-18(12-8-16)19-13-9-17(10-14-19)6-3-4-15-20/h3,6,16-19H,2,4-5,7-15H2,1H3. The Balaban J connectivity index is 1.67. The Labute approximate surface area is 125 Å². The SMILES string of the molecule is CCCC1CCC(C2CCC(C=CCCF)CC2)CC1. The topological polar surface area (TPSA) is 0 Å². The summed E-state index contributed by atoms with van der Waals surface area (Å²) in [5.74, 6) is 3.81. The predicted octanol–water partition coefficient (Wildman–Crippen LogP) is 6.32. The van der Waals surface area contributed by atoms with Gasteiger partial charge in [0.2, 0.25) is 0 Å². The van der Waals surface area contributed by atoms with Gasteiger partial charge >= 0.3 is 0 Å². The molecule has 0 nitrogen and oxygen atoms in total. The van der Waals surface area contributed by atoms with Crippen molar-refractivity contribution in [1.82, 2.24) is 0 Å². The minimum atomic E-state index is -0.202. The van der Waals surface area contributed by atoms with Crippen molar-refractivity contribution in [3.05, 3.63) is 12.2 Å². The zero-order chi connectivity index (χ0) is 14.2. The molecule has 2 aliphatic carbocycles. The van der Waals surface area contributed by atoms with Gasteiger partial charge in [-0.3, -0.25) is 4.39 Å². The molecule has 1 heteroatoms. The quantitative estimate of drug-likeness (QED) is 0.500. The first kappa shape index (κ1) is 16.0. The summed E-state index contributed by atoms with van der Waals surface area (Å²) in [5, 5.41) is 0. The molecule has 2 saturated carbocycles. The van der Waals surface area contributed by atoms with Crippen LogP contribution in [0.2, 0.25) is 0 Å². The van der Waals surface area contributed by atoms with Crippen LogP contribution in [0.15, 0.2) is 12.2 Å². The van der Waals surface area contributed by atoms with Crippen molar-refractivity contribution in [2.75, 3.05) is 6.67 Å². The zero-order valence-corrected chi connectivity index (χ0v) is 13.3. The maximum Gasteiger partial charge on any atom is 0.0928 e. The molecular formula is C19H33F. The van der Waals surface area contributed by atoms with Crippen LogP contribution in [0.4, 0.5) is 4.39 Å². The van der Waals surface area contributed by atoms with Crippen LogP contribution in [0.5, 0.6) is 0 Å². The molecular weight excluding hydrogens is 247 g/mol. The van der Waals surface area contributed by atoms with Crippen LogP contribution in [0.25, 0.3) is 0 Å². The van der Waals surface area contributed by atoms with Crippen molar-refractivity contribution in [2.24, 2.45) is 23.7 Å². The lowest BCUT2D eigenvalue weighted by molar-refractivity contribution is 0.152. The fraction of sp³-hybridized carbons (Fsp3) is 0.895. The molecule has 0 unspecified atom stereocenters. The minimum absolute atomic E-state index is 0.202. The van der Waals surface area contributed by atoms with Crippen molar-refractivity contribution in [3.63, 3.8) is 0 Å². The molecule has 0 radical (unpaired) electrons. The third-order valence-corrected chi connectivity index (χ3v) is 5.76. The highest BCUT2D eigenvalue weighted by Crippen LogP contribution is 2.42. The van der Waals surface area contributed by atoms with Crippen molar-refractivity contribution in [2.45, 2.75) is 77.6 Å². The van der Waals surface area contributed by atoms with Gasteiger partial charge in [-0.2, -0.15) is 0 Å². The van der Waals surface area contributed by atoms with Crippen LogP contribution >= 0.6 is 0 Å². The Morgan fingerprint density at radius 3 is 2.05 bits per heavy atom. The molecule has 2 fully saturated rings. The van der Waals surface area contributed by atoms with E-state index in [1.54, 1.807) is 0 Å². The molecule has 0 aromatic heterocycles. The molecule has 0 atom stereocenters. The van der Waals surface area contributed by atoms with Gasteiger partial charge in [0.05, 0.1) is 6.67 Å². The van der Waals surface area contributed by atoms with E-state index in [0.29, 0.717) is 6.42 Å². The number of hydrogen-bond acceptors (Lipinski definition) is 0. The number of hydrogen-bond donors (Lipinski definition) is 0. The smallest absolute Gasteiger partial charge is 0.0928 e. The summed E-state index contributed by atoms with van der Waals surface area (Å²) < 4.78 is 12.1. The Bertz CT molecular complexity index is 267. The molecule has 2 aliphatic rings. The van der Waals surface area contributed by atoms with Crippen LogP contribution in [-0.2, 0) is 0 Å². The Morgan fingerprint density at radius 1 is 0.900 bits per heavy atom. The van der Waals surface area contributed by atoms with E-state index >= 15 is 0 Å². The molecule has 0 amide bonds. The van der Waals surface area contributed by atoms with E-state index in [2.05, 4.69) is 19.1 Å². The molecule has 0 saturated heterocycles. The highest BCUT2D eigenvalue weighted by molar-refractivity contribution is 4.92. The maximum absolute atomic E-state index is 12.1. The fourth-order valence-electron chi connectivity index (χ4n) is 4.52. The number of allylic oxidation sites excluding steroid dienone is 2. The normalized spacial score (nSPS) is 35.5. The summed E-state index contributed by atoms with van der Waals surface area (Å²) in [4.78, 5) is 0. The first-order valence-corrected chi connectivity index (χ1v) is 9.06. The van der Waals surface area contributed by atoms with Crippen molar-refractivity contribution >= 4 is 0 Å². The largest absolute Gasteiger partial charge is 0.251 e. The van der Waals surface area contributed by atoms with E-state index in [1.165, 1.54) is 64.2 Å². The van der Waals surface area contributed by atoms with Gasteiger partial charge in [-0.15, -0.1) is 0 Å². The van der Waals surface area contributed by atoms with Gasteiger partial charge in [0.25, 0.3) is 0 Å². The first-order chi connectivity index (χ1) is 9.83. The molecule has 0 aromatic carbocycles. The van der Waals surface area contributed by atoms with Gasteiger partial charge < -0.3 is 0 Å². The van der Waals surface area contributed by atoms with Gasteiger partial charge in [-0.1, -0.05) is 44.8 Å². The van der Waals surface area contributed by atoms with E-state index in [4.69, 9.17) is 0 Å². The lowest BCUT2D eigenvalue weighted by Crippen LogP contribution is -2.25. The summed E-state index contributed by atoms with van der Waals surface area (Å²) in [6.45, 7) is 2.12. The summed E-state index contributed by atoms with van der Waals surface area (Å²) in [7, 11) is 0. The van der Waals surface area contributed by atoms with Gasteiger partial charge in [0.15, 0.2) is 0 Å². The Kier molecular flexibility index (Phi) is 7.10. The van der Waals surface area contributed by atoms with Crippen LogP contribution < -0.4 is 0 Å². The third-order valence-electron chi connectivity index (χ3n) is 5.76. The Morgan fingerprint density at radius 2 is 1.50 bits per heavy atom. The average Bonchev–Trinajstić information content (AvgIpc) is 2.49. The molecule has 0 aromatic rings. The van der Waals surface area contributed by atoms with E-state index < -0.39 is 0 Å². The van der Waals surface area contributed by atoms with E-state index in [-0.39, 0.29) is 6.67 Å². The maximum atomic E-state index is 12.1. The van der Waals surface area contributed by atoms with Gasteiger partial charge in [0, 0.05) is 0 Å². The average molecular weight is 280 g/mol. The highest BCUT2D eigenvalue weighted by atomic mass is 19.1. The van der Waals surface area contributed by atoms with E-state index in [9.17, 15) is 4.39 Å². The second-order valence-electron chi connectivity index (χ2n) is 7.15. The minimum Gasteiger partial charge on any atom is -0.251 e. The first-order valence-electron chi connectivity index (χ1n) is 9.06. The molecule has 0 bridgehead atoms. The van der Waals surface area contributed by atoms with Crippen molar-refractivity contribution in [3.8, 4) is 0 Å². The monoisotopic (exact) mass is 280 g/mol. The predicted molar refractivity (Wildman–Crippen MR) is 85.5 cm³/mol. The second-order valence-corrected chi connectivity index (χ2v) is 7.15. The molecule has 0 spiro atoms. The highest BCUT2D eigenvalue weighted by Gasteiger charge is 2.29. The third kappa shape index (κ3) is 4.90. The van der Waals surface area contributed by atoms with Gasteiger partial charge in [0.1, 0.15) is 0 Å². The lowest BCUT2D eigenvalue weighted by Gasteiger charge is -2.37. The molecule has 2 rings (SSSR count). The number of rotatable bonds is 6.